The lowest BCUT2D eigenvalue weighted by Gasteiger charge is -2.26. The van der Waals surface area contributed by atoms with E-state index in [0.29, 0.717) is 29.4 Å². The van der Waals surface area contributed by atoms with Crippen LogP contribution in [0.2, 0.25) is 0 Å². The Hall–Kier alpha value is -3.93. The van der Waals surface area contributed by atoms with Gasteiger partial charge in [-0.15, -0.1) is 0 Å². The normalized spacial score (nSPS) is 17.3. The van der Waals surface area contributed by atoms with Gasteiger partial charge in [0.15, 0.2) is 0 Å². The van der Waals surface area contributed by atoms with Crippen LogP contribution in [0.4, 0.5) is 10.1 Å². The van der Waals surface area contributed by atoms with Crippen LogP contribution in [0.5, 0.6) is 5.75 Å². The molecule has 0 spiro atoms. The lowest BCUT2D eigenvalue weighted by molar-refractivity contribution is -0.132. The largest absolute Gasteiger partial charge is 0.507 e. The number of hydrogen-bond acceptors (Lipinski definition) is 4. The Morgan fingerprint density at radius 3 is 2.40 bits per heavy atom. The molecular formula is C29H28FNO4. The van der Waals surface area contributed by atoms with Crippen molar-refractivity contribution in [3.8, 4) is 5.75 Å². The highest BCUT2D eigenvalue weighted by atomic mass is 19.1. The van der Waals surface area contributed by atoms with Crippen molar-refractivity contribution in [2.24, 2.45) is 5.92 Å². The molecule has 180 valence electrons. The van der Waals surface area contributed by atoms with E-state index < -0.39 is 23.5 Å². The number of ketones is 1. The van der Waals surface area contributed by atoms with Crippen molar-refractivity contribution in [3.63, 3.8) is 0 Å². The van der Waals surface area contributed by atoms with Crippen LogP contribution in [0, 0.1) is 25.6 Å². The molecule has 4 rings (SSSR count). The number of ether oxygens (including phenoxy) is 1. The Balaban J connectivity index is 1.87. The number of anilines is 1. The summed E-state index contributed by atoms with van der Waals surface area (Å²) in [5.41, 5.74) is 2.90. The molecule has 0 aliphatic carbocycles. The van der Waals surface area contributed by atoms with Gasteiger partial charge in [0.25, 0.3) is 11.7 Å². The molecule has 35 heavy (non-hydrogen) atoms. The molecule has 1 fully saturated rings. The number of halogens is 1. The number of Topliss-reactive ketones (excluding diaryl/α,β-unsaturated/α-hetero) is 1. The third-order valence-corrected chi connectivity index (χ3v) is 6.03. The third kappa shape index (κ3) is 4.69. The Labute approximate surface area is 204 Å². The second kappa shape index (κ2) is 9.74. The second-order valence-electron chi connectivity index (χ2n) is 9.19. The second-order valence-corrected chi connectivity index (χ2v) is 9.19. The van der Waals surface area contributed by atoms with Crippen LogP contribution in [0.1, 0.15) is 42.1 Å². The van der Waals surface area contributed by atoms with Gasteiger partial charge in [-0.3, -0.25) is 14.5 Å². The Kier molecular flexibility index (Phi) is 6.74. The highest BCUT2D eigenvalue weighted by Crippen LogP contribution is 2.43. The molecule has 6 heteroatoms. The zero-order chi connectivity index (χ0) is 25.3. The Morgan fingerprint density at radius 2 is 1.74 bits per heavy atom. The lowest BCUT2D eigenvalue weighted by atomic mass is 9.92. The van der Waals surface area contributed by atoms with Gasteiger partial charge in [0.05, 0.1) is 18.2 Å². The van der Waals surface area contributed by atoms with Gasteiger partial charge in [-0.1, -0.05) is 44.2 Å². The number of aliphatic hydroxyl groups is 1. The van der Waals surface area contributed by atoms with Gasteiger partial charge in [0, 0.05) is 11.3 Å². The van der Waals surface area contributed by atoms with Crippen molar-refractivity contribution >= 4 is 23.1 Å². The van der Waals surface area contributed by atoms with E-state index in [2.05, 4.69) is 13.8 Å². The Bertz CT molecular complexity index is 1330. The number of nitrogens with zero attached hydrogens (tertiary/aromatic N) is 1. The van der Waals surface area contributed by atoms with Gasteiger partial charge in [-0.25, -0.2) is 4.39 Å². The van der Waals surface area contributed by atoms with Gasteiger partial charge in [0.1, 0.15) is 17.3 Å². The molecule has 0 aromatic heterocycles. The molecule has 1 aliphatic rings. The van der Waals surface area contributed by atoms with Crippen molar-refractivity contribution in [2.45, 2.75) is 33.7 Å². The summed E-state index contributed by atoms with van der Waals surface area (Å²) in [4.78, 5) is 27.8. The number of amides is 1. The SMILES string of the molecule is Cc1cc(/C(O)=C2\C(=O)C(=O)N(c3cccc(F)c3)C2c2ccccc2C)ccc1OCC(C)C. The summed E-state index contributed by atoms with van der Waals surface area (Å²) in [7, 11) is 0. The number of rotatable bonds is 6. The summed E-state index contributed by atoms with van der Waals surface area (Å²) in [5, 5.41) is 11.3. The van der Waals surface area contributed by atoms with Crippen LogP contribution in [0.3, 0.4) is 0 Å². The first-order valence-electron chi connectivity index (χ1n) is 11.5. The van der Waals surface area contributed by atoms with Gasteiger partial charge >= 0.3 is 0 Å². The van der Waals surface area contributed by atoms with E-state index in [9.17, 15) is 19.1 Å². The first kappa shape index (κ1) is 24.2. The molecule has 5 nitrogen and oxygen atoms in total. The molecule has 1 unspecified atom stereocenters. The van der Waals surface area contributed by atoms with Crippen molar-refractivity contribution in [1.29, 1.82) is 0 Å². The highest BCUT2D eigenvalue weighted by molar-refractivity contribution is 6.51. The van der Waals surface area contributed by atoms with Crippen LogP contribution < -0.4 is 9.64 Å². The lowest BCUT2D eigenvalue weighted by Crippen LogP contribution is -2.29. The molecule has 3 aromatic carbocycles. The minimum atomic E-state index is -0.907. The summed E-state index contributed by atoms with van der Waals surface area (Å²) >= 11 is 0. The van der Waals surface area contributed by atoms with Crippen molar-refractivity contribution in [2.75, 3.05) is 11.5 Å². The van der Waals surface area contributed by atoms with Crippen molar-refractivity contribution in [3.05, 3.63) is 100 Å². The van der Waals surface area contributed by atoms with Gasteiger partial charge in [0.2, 0.25) is 0 Å². The first-order chi connectivity index (χ1) is 16.7. The topological polar surface area (TPSA) is 66.8 Å². The molecule has 1 N–H and O–H groups in total. The standard InChI is InChI=1S/C29H28FNO4/c1-17(2)16-35-24-13-12-20(14-19(24)4)27(32)25-26(23-11-6-5-8-18(23)3)31(29(34)28(25)33)22-10-7-9-21(30)15-22/h5-15,17,26,32H,16H2,1-4H3/b27-25+. The number of aryl methyl sites for hydroxylation is 2. The molecule has 0 bridgehead atoms. The van der Waals surface area contributed by atoms with E-state index in [0.717, 1.165) is 11.1 Å². The predicted octanol–water partition coefficient (Wildman–Crippen LogP) is 6.10. The molecule has 1 atom stereocenters. The first-order valence-corrected chi connectivity index (χ1v) is 11.5. The maximum absolute atomic E-state index is 14.1. The van der Waals surface area contributed by atoms with Crippen LogP contribution in [-0.4, -0.2) is 23.4 Å². The summed E-state index contributed by atoms with van der Waals surface area (Å²) in [6.45, 7) is 8.39. The van der Waals surface area contributed by atoms with Crippen LogP contribution in [0.15, 0.2) is 72.3 Å². The smallest absolute Gasteiger partial charge is 0.300 e. The summed E-state index contributed by atoms with van der Waals surface area (Å²) in [6, 6.07) is 17.1. The fourth-order valence-corrected chi connectivity index (χ4v) is 4.28. The number of benzene rings is 3. The van der Waals surface area contributed by atoms with Crippen molar-refractivity contribution in [1.82, 2.24) is 0 Å². The van der Waals surface area contributed by atoms with E-state index in [-0.39, 0.29) is 17.0 Å². The molecule has 1 heterocycles. The number of aliphatic hydroxyl groups excluding tert-OH is 1. The summed E-state index contributed by atoms with van der Waals surface area (Å²) in [5.74, 6) is -1.41. The molecule has 1 amide bonds. The molecule has 1 aliphatic heterocycles. The highest BCUT2D eigenvalue weighted by Gasteiger charge is 2.47. The molecule has 3 aromatic rings. The minimum Gasteiger partial charge on any atom is -0.507 e. The summed E-state index contributed by atoms with van der Waals surface area (Å²) in [6.07, 6.45) is 0. The maximum Gasteiger partial charge on any atom is 0.300 e. The quantitative estimate of drug-likeness (QED) is 0.267. The molecule has 1 saturated heterocycles. The average molecular weight is 474 g/mol. The van der Waals surface area contributed by atoms with E-state index in [1.807, 2.05) is 26.0 Å². The van der Waals surface area contributed by atoms with Crippen molar-refractivity contribution < 1.29 is 23.8 Å². The fraction of sp³-hybridized carbons (Fsp3) is 0.241. The monoisotopic (exact) mass is 473 g/mol. The molecule has 0 saturated carbocycles. The maximum atomic E-state index is 14.1. The van der Waals surface area contributed by atoms with Gasteiger partial charge in [-0.05, 0) is 72.9 Å². The number of carbonyl (C=O) groups is 2. The van der Waals surface area contributed by atoms with Gasteiger partial charge in [-0.2, -0.15) is 0 Å². The van der Waals surface area contributed by atoms with Crippen LogP contribution >= 0.6 is 0 Å². The predicted molar refractivity (Wildman–Crippen MR) is 134 cm³/mol. The minimum absolute atomic E-state index is 0.0381. The third-order valence-electron chi connectivity index (χ3n) is 6.03. The fourth-order valence-electron chi connectivity index (χ4n) is 4.28. The number of hydrogen-bond donors (Lipinski definition) is 1. The zero-order valence-electron chi connectivity index (χ0n) is 20.2. The van der Waals surface area contributed by atoms with Gasteiger partial charge < -0.3 is 9.84 Å². The van der Waals surface area contributed by atoms with Crippen LogP contribution in [0.25, 0.3) is 5.76 Å². The molecular weight excluding hydrogens is 445 g/mol. The van der Waals surface area contributed by atoms with E-state index in [1.54, 1.807) is 36.4 Å². The average Bonchev–Trinajstić information content (AvgIpc) is 3.08. The van der Waals surface area contributed by atoms with Crippen LogP contribution in [-0.2, 0) is 9.59 Å². The van der Waals surface area contributed by atoms with E-state index in [1.165, 1.54) is 23.1 Å². The zero-order valence-corrected chi connectivity index (χ0v) is 20.2. The summed E-state index contributed by atoms with van der Waals surface area (Å²) < 4.78 is 19.9. The van der Waals surface area contributed by atoms with E-state index in [4.69, 9.17) is 4.74 Å². The number of carbonyl (C=O) groups excluding carboxylic acids is 2. The van der Waals surface area contributed by atoms with E-state index >= 15 is 0 Å². The molecule has 0 radical (unpaired) electrons. The Morgan fingerprint density at radius 1 is 1.00 bits per heavy atom.